The fourth-order valence-corrected chi connectivity index (χ4v) is 2.70. The van der Waals surface area contributed by atoms with E-state index >= 15 is 0 Å². The smallest absolute Gasteiger partial charge is 0.207 e. The van der Waals surface area contributed by atoms with Gasteiger partial charge in [0.25, 0.3) is 0 Å². The summed E-state index contributed by atoms with van der Waals surface area (Å²) in [6.45, 7) is 0. The van der Waals surface area contributed by atoms with Crippen molar-refractivity contribution in [2.45, 2.75) is 18.3 Å². The van der Waals surface area contributed by atoms with Crippen LogP contribution < -0.4 is 9.47 Å². The minimum absolute atomic E-state index is 0.0576. The van der Waals surface area contributed by atoms with Crippen LogP contribution in [0, 0.1) is 0 Å². The van der Waals surface area contributed by atoms with Gasteiger partial charge in [-0.15, -0.1) is 0 Å². The lowest BCUT2D eigenvalue weighted by atomic mass is 9.85. The highest BCUT2D eigenvalue weighted by atomic mass is 16.6. The summed E-state index contributed by atoms with van der Waals surface area (Å²) in [5.41, 5.74) is 0.780. The summed E-state index contributed by atoms with van der Waals surface area (Å²) < 4.78 is 10.4. The third-order valence-electron chi connectivity index (χ3n) is 3.80. The van der Waals surface area contributed by atoms with Crippen LogP contribution in [0.5, 0.6) is 23.0 Å². The van der Waals surface area contributed by atoms with Gasteiger partial charge in [-0.05, 0) is 17.7 Å². The van der Waals surface area contributed by atoms with E-state index in [4.69, 9.17) is 9.47 Å². The monoisotopic (exact) mass is 304 g/mol. The van der Waals surface area contributed by atoms with Gasteiger partial charge in [0.15, 0.2) is 0 Å². The number of benzene rings is 2. The fraction of sp³-hybridized carbons (Fsp3) is 0.250. The third-order valence-corrected chi connectivity index (χ3v) is 3.80. The summed E-state index contributed by atoms with van der Waals surface area (Å²) in [5, 5.41) is 40.1. The molecule has 0 fully saturated rings. The summed E-state index contributed by atoms with van der Waals surface area (Å²) in [5.74, 6) is -0.555. The number of phenols is 2. The molecule has 0 spiro atoms. The fourth-order valence-electron chi connectivity index (χ4n) is 2.70. The van der Waals surface area contributed by atoms with Crippen LogP contribution in [-0.2, 0) is 0 Å². The highest BCUT2D eigenvalue weighted by Crippen LogP contribution is 2.48. The van der Waals surface area contributed by atoms with Gasteiger partial charge < -0.3 is 29.9 Å². The Labute approximate surface area is 126 Å². The van der Waals surface area contributed by atoms with E-state index in [0.29, 0.717) is 11.3 Å². The second-order valence-electron chi connectivity index (χ2n) is 5.13. The minimum Gasteiger partial charge on any atom is -0.508 e. The molecule has 0 amide bonds. The normalized spacial score (nSPS) is 23.5. The molecule has 2 aromatic carbocycles. The Kier molecular flexibility index (Phi) is 3.56. The lowest BCUT2D eigenvalue weighted by Crippen LogP contribution is -2.34. The standard InChI is InChI=1S/C16H16O6/c1-21-10-4-2-8(3-5-10)13-15(19)14-11(18)6-9(17)7-12(14)22-16(13)20/h2-7,13,15-20H,1H3. The van der Waals surface area contributed by atoms with Crippen LogP contribution in [0.1, 0.15) is 23.1 Å². The van der Waals surface area contributed by atoms with Crippen molar-refractivity contribution in [3.8, 4) is 23.0 Å². The number of aliphatic hydroxyl groups is 2. The molecule has 3 atom stereocenters. The molecule has 1 aliphatic heterocycles. The Morgan fingerprint density at radius 1 is 1.05 bits per heavy atom. The molecule has 3 unspecified atom stereocenters. The summed E-state index contributed by atoms with van der Waals surface area (Å²) in [4.78, 5) is 0. The van der Waals surface area contributed by atoms with E-state index in [1.54, 1.807) is 31.4 Å². The van der Waals surface area contributed by atoms with Crippen molar-refractivity contribution < 1.29 is 29.9 Å². The average Bonchev–Trinajstić information content (AvgIpc) is 2.46. The third kappa shape index (κ3) is 2.32. The lowest BCUT2D eigenvalue weighted by Gasteiger charge is -2.35. The maximum Gasteiger partial charge on any atom is 0.207 e. The molecule has 0 saturated heterocycles. The van der Waals surface area contributed by atoms with Gasteiger partial charge in [-0.2, -0.15) is 0 Å². The quantitative estimate of drug-likeness (QED) is 0.673. The number of phenolic OH excluding ortho intramolecular Hbond substituents is 2. The van der Waals surface area contributed by atoms with Gasteiger partial charge in [0.05, 0.1) is 24.7 Å². The van der Waals surface area contributed by atoms with Gasteiger partial charge in [0.1, 0.15) is 23.0 Å². The van der Waals surface area contributed by atoms with Crippen LogP contribution in [0.3, 0.4) is 0 Å². The van der Waals surface area contributed by atoms with Crippen molar-refractivity contribution in [3.63, 3.8) is 0 Å². The van der Waals surface area contributed by atoms with Crippen molar-refractivity contribution in [2.24, 2.45) is 0 Å². The zero-order chi connectivity index (χ0) is 15.9. The molecule has 116 valence electrons. The molecule has 4 N–H and O–H groups in total. The number of hydrogen-bond acceptors (Lipinski definition) is 6. The first kappa shape index (κ1) is 14.5. The first-order chi connectivity index (χ1) is 10.5. The Balaban J connectivity index is 2.02. The Hall–Kier alpha value is -2.44. The van der Waals surface area contributed by atoms with Gasteiger partial charge in [0.2, 0.25) is 6.29 Å². The van der Waals surface area contributed by atoms with Gasteiger partial charge in [-0.3, -0.25) is 0 Å². The molecule has 0 radical (unpaired) electrons. The summed E-state index contributed by atoms with van der Waals surface area (Å²) >= 11 is 0. The number of aromatic hydroxyl groups is 2. The van der Waals surface area contributed by atoms with E-state index in [1.165, 1.54) is 6.07 Å². The molecule has 6 nitrogen and oxygen atoms in total. The molecule has 6 heteroatoms. The molecule has 22 heavy (non-hydrogen) atoms. The maximum atomic E-state index is 10.5. The van der Waals surface area contributed by atoms with E-state index in [1.807, 2.05) is 0 Å². The van der Waals surface area contributed by atoms with Crippen LogP contribution >= 0.6 is 0 Å². The number of ether oxygens (including phenoxy) is 2. The number of aliphatic hydroxyl groups excluding tert-OH is 2. The molecule has 1 aliphatic rings. The summed E-state index contributed by atoms with van der Waals surface area (Å²) in [6, 6.07) is 9.20. The van der Waals surface area contributed by atoms with E-state index in [0.717, 1.165) is 6.07 Å². The molecule has 3 rings (SSSR count). The lowest BCUT2D eigenvalue weighted by molar-refractivity contribution is -0.0889. The van der Waals surface area contributed by atoms with Gasteiger partial charge >= 0.3 is 0 Å². The van der Waals surface area contributed by atoms with Gasteiger partial charge in [-0.25, -0.2) is 0 Å². The number of fused-ring (bicyclic) bond motifs is 1. The molecule has 0 aromatic heterocycles. The van der Waals surface area contributed by atoms with E-state index in [9.17, 15) is 20.4 Å². The van der Waals surface area contributed by atoms with Crippen LogP contribution in [0.2, 0.25) is 0 Å². The number of rotatable bonds is 2. The topological polar surface area (TPSA) is 99.4 Å². The zero-order valence-corrected chi connectivity index (χ0v) is 11.8. The predicted octanol–water partition coefficient (Wildman–Crippen LogP) is 1.63. The summed E-state index contributed by atoms with van der Waals surface area (Å²) in [7, 11) is 1.54. The van der Waals surface area contributed by atoms with Crippen molar-refractivity contribution in [1.29, 1.82) is 0 Å². The Morgan fingerprint density at radius 2 is 1.73 bits per heavy atom. The SMILES string of the molecule is COc1ccc(C2C(O)Oc3cc(O)cc(O)c3C2O)cc1. The van der Waals surface area contributed by atoms with E-state index < -0.39 is 18.3 Å². The molecule has 0 aliphatic carbocycles. The van der Waals surface area contributed by atoms with Crippen LogP contribution in [-0.4, -0.2) is 33.8 Å². The van der Waals surface area contributed by atoms with Gasteiger partial charge in [0, 0.05) is 12.1 Å². The number of hydrogen-bond donors (Lipinski definition) is 4. The second-order valence-corrected chi connectivity index (χ2v) is 5.13. The van der Waals surface area contributed by atoms with Crippen LogP contribution in [0.4, 0.5) is 0 Å². The van der Waals surface area contributed by atoms with Gasteiger partial charge in [-0.1, -0.05) is 12.1 Å². The number of methoxy groups -OCH3 is 1. The highest BCUT2D eigenvalue weighted by Gasteiger charge is 2.39. The van der Waals surface area contributed by atoms with Crippen molar-refractivity contribution in [1.82, 2.24) is 0 Å². The van der Waals surface area contributed by atoms with Crippen molar-refractivity contribution >= 4 is 0 Å². The minimum atomic E-state index is -1.31. The maximum absolute atomic E-state index is 10.5. The van der Waals surface area contributed by atoms with Crippen LogP contribution in [0.15, 0.2) is 36.4 Å². The molecule has 2 aromatic rings. The first-order valence-corrected chi connectivity index (χ1v) is 6.74. The molecule has 0 saturated carbocycles. The molecular formula is C16H16O6. The Bertz CT molecular complexity index is 682. The molecule has 0 bridgehead atoms. The molecule has 1 heterocycles. The van der Waals surface area contributed by atoms with Crippen LogP contribution in [0.25, 0.3) is 0 Å². The van der Waals surface area contributed by atoms with Crippen molar-refractivity contribution in [3.05, 3.63) is 47.5 Å². The average molecular weight is 304 g/mol. The first-order valence-electron chi connectivity index (χ1n) is 6.74. The predicted molar refractivity (Wildman–Crippen MR) is 77.1 cm³/mol. The summed E-state index contributed by atoms with van der Waals surface area (Å²) in [6.07, 6.45) is -2.48. The largest absolute Gasteiger partial charge is 0.508 e. The van der Waals surface area contributed by atoms with E-state index in [2.05, 4.69) is 0 Å². The van der Waals surface area contributed by atoms with Crippen molar-refractivity contribution in [2.75, 3.05) is 7.11 Å². The molecular weight excluding hydrogens is 288 g/mol. The van der Waals surface area contributed by atoms with E-state index in [-0.39, 0.29) is 22.8 Å². The second kappa shape index (κ2) is 5.40. The zero-order valence-electron chi connectivity index (χ0n) is 11.8. The highest BCUT2D eigenvalue weighted by molar-refractivity contribution is 5.53. The Morgan fingerprint density at radius 3 is 2.36 bits per heavy atom.